The average molecular weight is 228 g/mol. The van der Waals surface area contributed by atoms with Crippen LogP contribution in [0.15, 0.2) is 30.3 Å². The van der Waals surface area contributed by atoms with Gasteiger partial charge in [0.05, 0.1) is 0 Å². The molecule has 2 aromatic rings. The van der Waals surface area contributed by atoms with Gasteiger partial charge in [0.1, 0.15) is 17.5 Å². The van der Waals surface area contributed by atoms with Crippen molar-refractivity contribution < 1.29 is 0 Å². The molecule has 0 spiro atoms. The van der Waals surface area contributed by atoms with Gasteiger partial charge in [-0.3, -0.25) is 0 Å². The van der Waals surface area contributed by atoms with Crippen LogP contribution in [0.4, 0.5) is 11.6 Å². The number of hydrogen-bond acceptors (Lipinski definition) is 4. The van der Waals surface area contributed by atoms with Crippen molar-refractivity contribution >= 4 is 11.6 Å². The smallest absolute Gasteiger partial charge is 0.132 e. The van der Waals surface area contributed by atoms with Crippen molar-refractivity contribution in [3.8, 4) is 0 Å². The molecule has 0 bridgehead atoms. The van der Waals surface area contributed by atoms with Gasteiger partial charge in [0.25, 0.3) is 0 Å². The third-order valence-electron chi connectivity index (χ3n) is 2.58. The minimum Gasteiger partial charge on any atom is -0.384 e. The van der Waals surface area contributed by atoms with Crippen molar-refractivity contribution in [3.05, 3.63) is 47.3 Å². The highest BCUT2D eigenvalue weighted by molar-refractivity contribution is 5.45. The Bertz CT molecular complexity index is 502. The Kier molecular flexibility index (Phi) is 3.23. The number of aryl methyl sites for hydroxylation is 2. The van der Waals surface area contributed by atoms with E-state index in [4.69, 9.17) is 5.73 Å². The van der Waals surface area contributed by atoms with Gasteiger partial charge in [-0.25, -0.2) is 9.97 Å². The molecule has 0 aliphatic rings. The zero-order valence-corrected chi connectivity index (χ0v) is 10.1. The number of nitrogens with one attached hydrogen (secondary N) is 1. The van der Waals surface area contributed by atoms with Gasteiger partial charge in [-0.1, -0.05) is 24.3 Å². The zero-order valence-electron chi connectivity index (χ0n) is 10.1. The van der Waals surface area contributed by atoms with Crippen LogP contribution in [0.5, 0.6) is 0 Å². The van der Waals surface area contributed by atoms with Crippen LogP contribution >= 0.6 is 0 Å². The number of hydrogen-bond donors (Lipinski definition) is 2. The van der Waals surface area contributed by atoms with Crippen LogP contribution in [0.3, 0.4) is 0 Å². The fourth-order valence-corrected chi connectivity index (χ4v) is 1.68. The Morgan fingerprint density at radius 2 is 1.94 bits per heavy atom. The molecule has 1 aromatic heterocycles. The van der Waals surface area contributed by atoms with E-state index in [1.165, 1.54) is 11.1 Å². The summed E-state index contributed by atoms with van der Waals surface area (Å²) in [6.07, 6.45) is 0. The van der Waals surface area contributed by atoms with Crippen LogP contribution in [0.1, 0.15) is 17.0 Å². The predicted octanol–water partition coefficient (Wildman–Crippen LogP) is 2.29. The SMILES string of the molecule is Cc1nc(N)cc(NCc2ccccc2C)n1. The minimum atomic E-state index is 0.491. The van der Waals surface area contributed by atoms with E-state index in [1.54, 1.807) is 6.07 Å². The number of anilines is 2. The van der Waals surface area contributed by atoms with Gasteiger partial charge in [0.15, 0.2) is 0 Å². The van der Waals surface area contributed by atoms with E-state index in [9.17, 15) is 0 Å². The van der Waals surface area contributed by atoms with E-state index in [0.29, 0.717) is 11.6 Å². The number of benzene rings is 1. The number of aromatic nitrogens is 2. The lowest BCUT2D eigenvalue weighted by molar-refractivity contribution is 1.02. The molecule has 0 fully saturated rings. The monoisotopic (exact) mass is 228 g/mol. The number of nitrogens with zero attached hydrogens (tertiary/aromatic N) is 2. The maximum absolute atomic E-state index is 5.67. The Morgan fingerprint density at radius 3 is 2.65 bits per heavy atom. The van der Waals surface area contributed by atoms with E-state index < -0.39 is 0 Å². The summed E-state index contributed by atoms with van der Waals surface area (Å²) < 4.78 is 0. The predicted molar refractivity (Wildman–Crippen MR) is 69.7 cm³/mol. The summed E-state index contributed by atoms with van der Waals surface area (Å²) in [6, 6.07) is 10.00. The molecular weight excluding hydrogens is 212 g/mol. The first kappa shape index (κ1) is 11.4. The molecule has 2 rings (SSSR count). The van der Waals surface area contributed by atoms with Crippen LogP contribution in [0, 0.1) is 13.8 Å². The van der Waals surface area contributed by atoms with Gasteiger partial charge in [-0.2, -0.15) is 0 Å². The zero-order chi connectivity index (χ0) is 12.3. The van der Waals surface area contributed by atoms with Crippen molar-refractivity contribution in [2.24, 2.45) is 0 Å². The standard InChI is InChI=1S/C13H16N4/c1-9-5-3-4-6-11(9)8-15-13-7-12(14)16-10(2)17-13/h3-7H,8H2,1-2H3,(H3,14,15,16,17). The molecular formula is C13H16N4. The summed E-state index contributed by atoms with van der Waals surface area (Å²) in [4.78, 5) is 8.31. The molecule has 88 valence electrons. The Labute approximate surface area is 101 Å². The highest BCUT2D eigenvalue weighted by atomic mass is 15.0. The quantitative estimate of drug-likeness (QED) is 0.846. The summed E-state index contributed by atoms with van der Waals surface area (Å²) in [6.45, 7) is 4.66. The third kappa shape index (κ3) is 2.93. The molecule has 0 radical (unpaired) electrons. The lowest BCUT2D eigenvalue weighted by atomic mass is 10.1. The van der Waals surface area contributed by atoms with Crippen molar-refractivity contribution in [2.75, 3.05) is 11.1 Å². The van der Waals surface area contributed by atoms with Crippen LogP contribution in [0.25, 0.3) is 0 Å². The minimum absolute atomic E-state index is 0.491. The summed E-state index contributed by atoms with van der Waals surface area (Å²) in [5, 5.41) is 3.25. The molecule has 0 atom stereocenters. The van der Waals surface area contributed by atoms with Crippen LogP contribution in [0.2, 0.25) is 0 Å². The maximum Gasteiger partial charge on any atom is 0.132 e. The first-order valence-electron chi connectivity index (χ1n) is 5.54. The molecule has 17 heavy (non-hydrogen) atoms. The maximum atomic E-state index is 5.67. The first-order valence-corrected chi connectivity index (χ1v) is 5.54. The van der Waals surface area contributed by atoms with Crippen LogP contribution < -0.4 is 11.1 Å². The van der Waals surface area contributed by atoms with Crippen molar-refractivity contribution in [3.63, 3.8) is 0 Å². The molecule has 0 saturated heterocycles. The largest absolute Gasteiger partial charge is 0.384 e. The topological polar surface area (TPSA) is 63.8 Å². The summed E-state index contributed by atoms with van der Waals surface area (Å²) in [5.41, 5.74) is 8.18. The molecule has 0 aliphatic carbocycles. The summed E-state index contributed by atoms with van der Waals surface area (Å²) >= 11 is 0. The normalized spacial score (nSPS) is 10.2. The highest BCUT2D eigenvalue weighted by Crippen LogP contribution is 2.12. The van der Waals surface area contributed by atoms with Crippen molar-refractivity contribution in [1.82, 2.24) is 9.97 Å². The molecule has 0 saturated carbocycles. The molecule has 1 aromatic carbocycles. The van der Waals surface area contributed by atoms with Gasteiger partial charge < -0.3 is 11.1 Å². The Hall–Kier alpha value is -2.10. The number of nitrogens with two attached hydrogens (primary N) is 1. The summed E-state index contributed by atoms with van der Waals surface area (Å²) in [7, 11) is 0. The van der Waals surface area contributed by atoms with Gasteiger partial charge >= 0.3 is 0 Å². The lowest BCUT2D eigenvalue weighted by Gasteiger charge is -2.09. The second-order valence-corrected chi connectivity index (χ2v) is 4.01. The summed E-state index contributed by atoms with van der Waals surface area (Å²) in [5.74, 6) is 1.93. The molecule has 1 heterocycles. The molecule has 4 heteroatoms. The Morgan fingerprint density at radius 1 is 1.18 bits per heavy atom. The second kappa shape index (κ2) is 4.82. The first-order chi connectivity index (χ1) is 8.15. The van der Waals surface area contributed by atoms with Gasteiger partial charge in [0, 0.05) is 12.6 Å². The van der Waals surface area contributed by atoms with E-state index in [2.05, 4.69) is 34.3 Å². The second-order valence-electron chi connectivity index (χ2n) is 4.01. The highest BCUT2D eigenvalue weighted by Gasteiger charge is 2.00. The number of rotatable bonds is 3. The molecule has 0 amide bonds. The molecule has 3 N–H and O–H groups in total. The van der Waals surface area contributed by atoms with Crippen molar-refractivity contribution in [2.45, 2.75) is 20.4 Å². The molecule has 4 nitrogen and oxygen atoms in total. The van der Waals surface area contributed by atoms with Gasteiger partial charge in [0.2, 0.25) is 0 Å². The van der Waals surface area contributed by atoms with Crippen LogP contribution in [-0.2, 0) is 6.54 Å². The molecule has 0 aliphatic heterocycles. The number of nitrogen functional groups attached to an aromatic ring is 1. The average Bonchev–Trinajstić information content (AvgIpc) is 2.27. The van der Waals surface area contributed by atoms with Gasteiger partial charge in [-0.15, -0.1) is 0 Å². The van der Waals surface area contributed by atoms with E-state index in [-0.39, 0.29) is 0 Å². The fourth-order valence-electron chi connectivity index (χ4n) is 1.68. The van der Waals surface area contributed by atoms with E-state index in [1.807, 2.05) is 19.1 Å². The third-order valence-corrected chi connectivity index (χ3v) is 2.58. The van der Waals surface area contributed by atoms with Crippen LogP contribution in [-0.4, -0.2) is 9.97 Å². The Balaban J connectivity index is 2.10. The fraction of sp³-hybridized carbons (Fsp3) is 0.231. The van der Waals surface area contributed by atoms with E-state index in [0.717, 1.165) is 12.4 Å². The van der Waals surface area contributed by atoms with Gasteiger partial charge in [-0.05, 0) is 25.0 Å². The van der Waals surface area contributed by atoms with E-state index >= 15 is 0 Å². The molecule has 0 unspecified atom stereocenters. The van der Waals surface area contributed by atoms with Crippen molar-refractivity contribution in [1.29, 1.82) is 0 Å². The lowest BCUT2D eigenvalue weighted by Crippen LogP contribution is -2.05.